The lowest BCUT2D eigenvalue weighted by Crippen LogP contribution is -1.99. The molecule has 3 aromatic carbocycles. The molecule has 0 spiro atoms. The molecule has 0 aliphatic rings. The lowest BCUT2D eigenvalue weighted by molar-refractivity contribution is -0.384. The van der Waals surface area contributed by atoms with Gasteiger partial charge in [0.15, 0.2) is 0 Å². The van der Waals surface area contributed by atoms with Crippen LogP contribution in [0.4, 0.5) is 11.4 Å². The van der Waals surface area contributed by atoms with Crippen molar-refractivity contribution in [1.29, 1.82) is 0 Å². The van der Waals surface area contributed by atoms with Crippen LogP contribution >= 0.6 is 0 Å². The number of fused-ring (bicyclic) bond motifs is 1. The number of ether oxygens (including phenoxy) is 2. The zero-order chi connectivity index (χ0) is 19.9. The lowest BCUT2D eigenvalue weighted by atomic mass is 10.0. The molecule has 0 bridgehead atoms. The molecule has 0 aliphatic carbocycles. The van der Waals surface area contributed by atoms with Crippen LogP contribution < -0.4 is 14.9 Å². The summed E-state index contributed by atoms with van der Waals surface area (Å²) < 4.78 is 11.4. The molecular weight excluding hydrogens is 358 g/mol. The number of anilines is 1. The Hall–Kier alpha value is -3.61. The van der Waals surface area contributed by atoms with Gasteiger partial charge in [0.1, 0.15) is 11.5 Å². The topological polar surface area (TPSA) is 86.0 Å². The minimum atomic E-state index is -0.437. The first kappa shape index (κ1) is 19.2. The predicted octanol–water partition coefficient (Wildman–Crippen LogP) is 4.99. The Morgan fingerprint density at radius 1 is 1.04 bits per heavy atom. The van der Waals surface area contributed by atoms with E-state index in [0.29, 0.717) is 18.9 Å². The zero-order valence-corrected chi connectivity index (χ0v) is 15.7. The van der Waals surface area contributed by atoms with Crippen molar-refractivity contribution in [3.05, 3.63) is 70.3 Å². The number of non-ortho nitro benzene ring substituents is 1. The molecule has 0 heterocycles. The molecule has 0 radical (unpaired) electrons. The van der Waals surface area contributed by atoms with Gasteiger partial charge in [0, 0.05) is 17.7 Å². The first-order chi connectivity index (χ1) is 13.6. The van der Waals surface area contributed by atoms with E-state index >= 15 is 0 Å². The van der Waals surface area contributed by atoms with Crippen LogP contribution in [0.1, 0.15) is 19.4 Å². The highest BCUT2D eigenvalue weighted by Gasteiger charge is 2.09. The largest absolute Gasteiger partial charge is 0.494 e. The number of nitro benzene ring substituents is 1. The summed E-state index contributed by atoms with van der Waals surface area (Å²) in [6.07, 6.45) is 1.68. The van der Waals surface area contributed by atoms with E-state index in [9.17, 15) is 10.1 Å². The van der Waals surface area contributed by atoms with Crippen LogP contribution in [-0.2, 0) is 0 Å². The summed E-state index contributed by atoms with van der Waals surface area (Å²) >= 11 is 0. The van der Waals surface area contributed by atoms with Crippen LogP contribution in [0.15, 0.2) is 59.7 Å². The number of hydrazone groups is 1. The second kappa shape index (κ2) is 8.85. The van der Waals surface area contributed by atoms with Crippen LogP contribution in [-0.4, -0.2) is 24.4 Å². The van der Waals surface area contributed by atoms with Crippen molar-refractivity contribution in [3.8, 4) is 11.5 Å². The molecule has 3 rings (SSSR count). The van der Waals surface area contributed by atoms with Gasteiger partial charge >= 0.3 is 0 Å². The minimum Gasteiger partial charge on any atom is -0.494 e. The number of hydrogen-bond donors (Lipinski definition) is 1. The summed E-state index contributed by atoms with van der Waals surface area (Å²) in [6.45, 7) is 4.99. The van der Waals surface area contributed by atoms with Crippen LogP contribution in [0.5, 0.6) is 11.5 Å². The third kappa shape index (κ3) is 4.37. The van der Waals surface area contributed by atoms with Crippen LogP contribution in [0.3, 0.4) is 0 Å². The van der Waals surface area contributed by atoms with Crippen molar-refractivity contribution in [2.45, 2.75) is 13.8 Å². The Morgan fingerprint density at radius 3 is 2.43 bits per heavy atom. The molecule has 0 unspecified atom stereocenters. The van der Waals surface area contributed by atoms with E-state index < -0.39 is 4.92 Å². The van der Waals surface area contributed by atoms with Crippen LogP contribution in [0.2, 0.25) is 0 Å². The number of nitrogens with one attached hydrogen (secondary N) is 1. The minimum absolute atomic E-state index is 0.0330. The normalized spacial score (nSPS) is 10.9. The maximum atomic E-state index is 10.7. The van der Waals surface area contributed by atoms with Crippen LogP contribution in [0, 0.1) is 10.1 Å². The maximum absolute atomic E-state index is 10.7. The summed E-state index contributed by atoms with van der Waals surface area (Å²) in [5.74, 6) is 1.50. The molecule has 0 aromatic heterocycles. The Labute approximate surface area is 162 Å². The highest BCUT2D eigenvalue weighted by Crippen LogP contribution is 2.30. The van der Waals surface area contributed by atoms with Gasteiger partial charge in [-0.25, -0.2) is 0 Å². The smallest absolute Gasteiger partial charge is 0.269 e. The molecule has 0 saturated heterocycles. The molecule has 3 aromatic rings. The second-order valence-corrected chi connectivity index (χ2v) is 5.90. The Bertz CT molecular complexity index is 995. The Balaban J connectivity index is 1.92. The van der Waals surface area contributed by atoms with E-state index in [1.807, 2.05) is 44.2 Å². The van der Waals surface area contributed by atoms with E-state index in [-0.39, 0.29) is 5.69 Å². The molecule has 7 nitrogen and oxygen atoms in total. The standard InChI is InChI=1S/C21H21N3O4/c1-3-27-18-11-5-15-6-12-21(28-4-2)20(19(15)13-18)14-22-23-16-7-9-17(10-8-16)24(25)26/h5-14,23H,3-4H2,1-2H3/b22-14+. The van der Waals surface area contributed by atoms with Crippen LogP contribution in [0.25, 0.3) is 10.8 Å². The monoisotopic (exact) mass is 379 g/mol. The summed E-state index contributed by atoms with van der Waals surface area (Å²) in [5.41, 5.74) is 4.40. The molecular formula is C21H21N3O4. The number of hydrogen-bond acceptors (Lipinski definition) is 6. The van der Waals surface area contributed by atoms with E-state index in [1.165, 1.54) is 12.1 Å². The second-order valence-electron chi connectivity index (χ2n) is 5.90. The van der Waals surface area contributed by atoms with E-state index in [1.54, 1.807) is 18.3 Å². The third-order valence-electron chi connectivity index (χ3n) is 4.07. The van der Waals surface area contributed by atoms with Gasteiger partial charge in [-0.3, -0.25) is 15.5 Å². The first-order valence-corrected chi connectivity index (χ1v) is 8.98. The van der Waals surface area contributed by atoms with Crippen molar-refractivity contribution >= 4 is 28.4 Å². The molecule has 28 heavy (non-hydrogen) atoms. The summed E-state index contributed by atoms with van der Waals surface area (Å²) in [7, 11) is 0. The average Bonchev–Trinajstić information content (AvgIpc) is 2.70. The van der Waals surface area contributed by atoms with Gasteiger partial charge in [-0.05, 0) is 55.0 Å². The van der Waals surface area contributed by atoms with Crippen molar-refractivity contribution < 1.29 is 14.4 Å². The van der Waals surface area contributed by atoms with E-state index in [0.717, 1.165) is 27.8 Å². The predicted molar refractivity (Wildman–Crippen MR) is 111 cm³/mol. The SMILES string of the molecule is CCOc1ccc2ccc(OCC)c(/C=N/Nc3ccc([N+](=O)[O-])cc3)c2c1. The quantitative estimate of drug-likeness (QED) is 0.338. The number of nitrogens with zero attached hydrogens (tertiary/aromatic N) is 2. The summed E-state index contributed by atoms with van der Waals surface area (Å²) in [5, 5.41) is 17.0. The molecule has 0 atom stereocenters. The van der Waals surface area contributed by atoms with Gasteiger partial charge in [0.2, 0.25) is 0 Å². The summed E-state index contributed by atoms with van der Waals surface area (Å²) in [6, 6.07) is 15.9. The first-order valence-electron chi connectivity index (χ1n) is 8.98. The van der Waals surface area contributed by atoms with Crippen molar-refractivity contribution in [2.75, 3.05) is 18.6 Å². The van der Waals surface area contributed by atoms with Gasteiger partial charge in [-0.1, -0.05) is 12.1 Å². The molecule has 144 valence electrons. The van der Waals surface area contributed by atoms with Crippen molar-refractivity contribution in [2.24, 2.45) is 5.10 Å². The number of nitro groups is 1. The molecule has 1 N–H and O–H groups in total. The maximum Gasteiger partial charge on any atom is 0.269 e. The molecule has 0 saturated carbocycles. The van der Waals surface area contributed by atoms with Gasteiger partial charge in [-0.15, -0.1) is 0 Å². The van der Waals surface area contributed by atoms with Gasteiger partial charge < -0.3 is 9.47 Å². The average molecular weight is 379 g/mol. The summed E-state index contributed by atoms with van der Waals surface area (Å²) in [4.78, 5) is 10.3. The van der Waals surface area contributed by atoms with Gasteiger partial charge in [0.25, 0.3) is 5.69 Å². The number of rotatable bonds is 8. The van der Waals surface area contributed by atoms with E-state index in [2.05, 4.69) is 10.5 Å². The number of benzene rings is 3. The zero-order valence-electron chi connectivity index (χ0n) is 15.7. The molecule has 7 heteroatoms. The van der Waals surface area contributed by atoms with Gasteiger partial charge in [0.05, 0.1) is 30.0 Å². The van der Waals surface area contributed by atoms with Crippen molar-refractivity contribution in [3.63, 3.8) is 0 Å². The highest BCUT2D eigenvalue weighted by atomic mass is 16.6. The lowest BCUT2D eigenvalue weighted by Gasteiger charge is -2.12. The fourth-order valence-corrected chi connectivity index (χ4v) is 2.80. The van der Waals surface area contributed by atoms with Crippen molar-refractivity contribution in [1.82, 2.24) is 0 Å². The molecule has 0 amide bonds. The molecule has 0 fully saturated rings. The fraction of sp³-hybridized carbons (Fsp3) is 0.190. The Morgan fingerprint density at radius 2 is 1.75 bits per heavy atom. The van der Waals surface area contributed by atoms with Gasteiger partial charge in [-0.2, -0.15) is 5.10 Å². The third-order valence-corrected chi connectivity index (χ3v) is 4.07. The molecule has 0 aliphatic heterocycles. The fourth-order valence-electron chi connectivity index (χ4n) is 2.80. The van der Waals surface area contributed by atoms with E-state index in [4.69, 9.17) is 9.47 Å². The Kier molecular flexibility index (Phi) is 6.06. The highest BCUT2D eigenvalue weighted by molar-refractivity contribution is 6.03.